The minimum atomic E-state index is -6.05. The number of phosphoric acid groups is 8. The summed E-state index contributed by atoms with van der Waals surface area (Å²) in [4.78, 5) is 162. The number of alkyl halides is 4. The highest BCUT2D eigenvalue weighted by Crippen LogP contribution is 2.62. The maximum Gasteiger partial charge on any atom is 0.481 e. The third-order valence-corrected chi connectivity index (χ3v) is 22.4. The van der Waals surface area contributed by atoms with Gasteiger partial charge in [0.15, 0.2) is 24.9 Å². The molecule has 0 aliphatic carbocycles. The van der Waals surface area contributed by atoms with Gasteiger partial charge < -0.3 is 119 Å². The largest absolute Gasteiger partial charge is 0.481 e. The van der Waals surface area contributed by atoms with E-state index in [1.807, 2.05) is 15.9 Å². The van der Waals surface area contributed by atoms with Crippen molar-refractivity contribution in [3.05, 3.63) is 108 Å². The molecule has 4 fully saturated rings. The van der Waals surface area contributed by atoms with Gasteiger partial charge in [-0.05, 0) is 0 Å². The van der Waals surface area contributed by atoms with Gasteiger partial charge in [-0.25, -0.2) is 73.3 Å². The van der Waals surface area contributed by atoms with Crippen LogP contribution < -0.4 is 22.8 Å². The smallest absolute Gasteiger partial charge is 0.385 e. The van der Waals surface area contributed by atoms with Crippen molar-refractivity contribution < 1.29 is 216 Å². The summed E-state index contributed by atoms with van der Waals surface area (Å²) < 4.78 is 243. The molecule has 4 aromatic heterocycles. The molecular formula is C44H52F4N8O44P8S4. The van der Waals surface area contributed by atoms with Gasteiger partial charge in [-0.2, -0.15) is 17.2 Å². The van der Waals surface area contributed by atoms with Gasteiger partial charge in [0, 0.05) is 24.8 Å². The van der Waals surface area contributed by atoms with E-state index in [1.165, 1.54) is 0 Å². The van der Waals surface area contributed by atoms with Crippen molar-refractivity contribution in [1.82, 2.24) is 38.2 Å². The highest BCUT2D eigenvalue weighted by molar-refractivity contribution is 7.72. The second-order valence-electron chi connectivity index (χ2n) is 20.8. The van der Waals surface area contributed by atoms with Crippen LogP contribution >= 0.6 is 111 Å². The van der Waals surface area contributed by atoms with Gasteiger partial charge in [0.25, 0.3) is 23.4 Å². The molecule has 8 rings (SSSR count). The van der Waals surface area contributed by atoms with Crippen molar-refractivity contribution in [3.8, 4) is 49.4 Å². The van der Waals surface area contributed by atoms with Crippen molar-refractivity contribution in [2.24, 2.45) is 0 Å². The summed E-state index contributed by atoms with van der Waals surface area (Å²) in [5.41, 5.74) is -5.15. The number of nitrogens with zero attached hydrogens (tertiary/aromatic N) is 4. The lowest BCUT2D eigenvalue weighted by Crippen LogP contribution is -2.43. The van der Waals surface area contributed by atoms with Gasteiger partial charge in [-0.3, -0.25) is 56.3 Å². The molecule has 20 atom stereocenters. The van der Waals surface area contributed by atoms with E-state index in [9.17, 15) is 120 Å². The standard InChI is InChI=1S/4C11H13FN2O11P2S/c4*1-2-5-3-14(10(17)13-8(5)28)9-6(15)7(16)11(12,24-9)4-23-27(21,22)25-26(18,19)20/h4*1,3,6-7,9,15-16H,4H2,(H,21,22)(H,13,17,28)(H2,18,19,20)/t4*6-,7+,9-,11-/m1111/s1/i4D2,9D;9D;4D2;. The van der Waals surface area contributed by atoms with Gasteiger partial charge >= 0.3 is 85.3 Å². The number of nitrogens with one attached hydrogen (secondary N) is 4. The third kappa shape index (κ3) is 25.5. The number of ether oxygens (including phenoxy) is 4. The Morgan fingerprint density at radius 1 is 0.402 bits per heavy atom. The van der Waals surface area contributed by atoms with Crippen LogP contribution in [0.2, 0.25) is 0 Å². The highest BCUT2D eigenvalue weighted by Gasteiger charge is 2.62. The third-order valence-electron chi connectivity index (χ3n) is 12.9. The molecule has 52 nitrogen and oxygen atoms in total. The Bertz CT molecular complexity index is 5690. The lowest BCUT2D eigenvalue weighted by molar-refractivity contribution is -0.205. The maximum atomic E-state index is 15.4. The normalized spacial score (nSPS) is 32.3. The molecule has 4 aliphatic rings. The van der Waals surface area contributed by atoms with Gasteiger partial charge in [0.05, 0.1) is 30.5 Å². The Hall–Kier alpha value is -5.08. The number of H-pyrrole nitrogens is 4. The van der Waals surface area contributed by atoms with E-state index in [-0.39, 0.29) is 50.0 Å². The molecule has 624 valence electrons. The Morgan fingerprint density at radius 2 is 0.616 bits per heavy atom. The molecule has 8 heterocycles. The summed E-state index contributed by atoms with van der Waals surface area (Å²) in [6, 6.07) is 0. The van der Waals surface area contributed by atoms with E-state index in [4.69, 9.17) is 132 Å². The summed E-state index contributed by atoms with van der Waals surface area (Å²) >= 11 is 19.1. The number of aliphatic hydroxyl groups excluding tert-OH is 8. The number of aromatic nitrogens is 8. The van der Waals surface area contributed by atoms with E-state index in [0.717, 1.165) is 18.6 Å². The Morgan fingerprint density at radius 3 is 0.902 bits per heavy atom. The molecule has 0 spiro atoms. The molecule has 0 saturated carbocycles. The molecule has 4 unspecified atom stereocenters. The van der Waals surface area contributed by atoms with Crippen LogP contribution in [0.5, 0.6) is 0 Å². The van der Waals surface area contributed by atoms with Gasteiger partial charge in [0.2, 0.25) is 0 Å². The molecule has 4 aromatic rings. The van der Waals surface area contributed by atoms with Crippen LogP contribution in [0, 0.1) is 67.9 Å². The van der Waals surface area contributed by atoms with Crippen LogP contribution in [-0.2, 0) is 90.8 Å². The zero-order valence-electron chi connectivity index (χ0n) is 59.1. The van der Waals surface area contributed by atoms with Gasteiger partial charge in [-0.1, -0.05) is 72.6 Å². The number of aromatic amines is 4. The molecule has 0 amide bonds. The van der Waals surface area contributed by atoms with E-state index in [1.54, 1.807) is 0 Å². The first kappa shape index (κ1) is 87.7. The fourth-order valence-corrected chi connectivity index (χ4v) is 15.1. The average Bonchev–Trinajstić information content (AvgIpc) is 1.57. The van der Waals surface area contributed by atoms with Crippen LogP contribution in [0.3, 0.4) is 0 Å². The zero-order chi connectivity index (χ0) is 91.4. The van der Waals surface area contributed by atoms with Crippen molar-refractivity contribution in [1.29, 1.82) is 0 Å². The van der Waals surface area contributed by atoms with Crippen LogP contribution in [0.25, 0.3) is 0 Å². The lowest BCUT2D eigenvalue weighted by Gasteiger charge is -2.23. The number of rotatable bonds is 24. The molecule has 0 bridgehead atoms. The predicted molar refractivity (Wildman–Crippen MR) is 355 cm³/mol. The molecule has 4 saturated heterocycles. The minimum absolute atomic E-state index is 0.0256. The van der Waals surface area contributed by atoms with Crippen molar-refractivity contribution in [2.45, 2.75) is 97.1 Å². The summed E-state index contributed by atoms with van der Waals surface area (Å²) in [7, 11) is -45.5. The number of halogens is 4. The summed E-state index contributed by atoms with van der Waals surface area (Å²) in [6.45, 7) is -11.8. The van der Waals surface area contributed by atoms with Crippen LogP contribution in [-0.4, -0.2) is 236 Å². The van der Waals surface area contributed by atoms with Crippen molar-refractivity contribution >= 4 is 111 Å². The number of hydrogen-bond acceptors (Lipinski definition) is 36. The first-order valence-electron chi connectivity index (χ1n) is 30.3. The molecule has 24 N–H and O–H groups in total. The monoisotopic (exact) mass is 1850 g/mol. The van der Waals surface area contributed by atoms with E-state index >= 15 is 8.78 Å². The van der Waals surface area contributed by atoms with Crippen LogP contribution in [0.15, 0.2) is 44.0 Å². The summed E-state index contributed by atoms with van der Waals surface area (Å²) in [5.74, 6) is -7.22. The number of terminal acetylenes is 4. The van der Waals surface area contributed by atoms with Crippen LogP contribution in [0.1, 0.15) is 55.3 Å². The van der Waals surface area contributed by atoms with Gasteiger partial charge in [-0.15, -0.1) is 25.7 Å². The number of hydrogen-bond donors (Lipinski definition) is 24. The van der Waals surface area contributed by atoms with E-state index in [2.05, 4.69) is 77.3 Å². The molecule has 112 heavy (non-hydrogen) atoms. The molecule has 4 aliphatic heterocycles. The summed E-state index contributed by atoms with van der Waals surface area (Å²) in [5, 5.41) is 80.1. The minimum Gasteiger partial charge on any atom is -0.385 e. The van der Waals surface area contributed by atoms with Crippen molar-refractivity contribution in [3.63, 3.8) is 0 Å². The Balaban J connectivity index is 0.000000280. The quantitative estimate of drug-likeness (QED) is 0.0138. The molecule has 0 aromatic carbocycles. The highest BCUT2D eigenvalue weighted by atomic mass is 32.1. The molecule has 68 heteroatoms. The molecular weight excluding hydrogens is 1800 g/mol. The van der Waals surface area contributed by atoms with E-state index in [0.29, 0.717) is 15.3 Å². The maximum absolute atomic E-state index is 15.4. The molecule has 0 radical (unpaired) electrons. The SMILES string of the molecule is C#Cc1cn([C@@H]2O[C@](F)(COP(=O)(O)OP(=O)(O)O)[C@@H](O)[C@H]2O)c(=O)[nH]c1=S.[2H]C([2H])(OP(=O)(O)OP(=O)(O)O)[C@@]1(F)O[C@@H](n2cc(C#C)c(=S)[nH]c2=O)[C@H](O)[C@@H]1O.[2H]C([2H])(OP(=O)(O)OP(=O)(O)O)[C@@]1(F)O[C@@]([2H])(n2cc(C#C)c(=S)[nH]c2=O)[C@H](O)[C@@H]1O.[2H][C@@]1(n2cc(C#C)c(=S)[nH]c2=O)O[C@](F)(COP(=O)(O)OP(=O)(O)O)[C@@H](O)[C@H]1O. The second-order valence-corrected chi connectivity index (χ2v) is 33.6. The van der Waals surface area contributed by atoms with Gasteiger partial charge in [0.1, 0.15) is 93.7 Å². The Labute approximate surface area is 643 Å². The van der Waals surface area contributed by atoms with E-state index < -0.39 is 209 Å². The number of aliphatic hydroxyl groups is 8. The second kappa shape index (κ2) is 36.4. The fourth-order valence-electron chi connectivity index (χ4n) is 8.17. The predicted octanol–water partition coefficient (Wildman–Crippen LogP) is -3.88. The fraction of sp³-hybridized carbons (Fsp3) is 0.455. The topological polar surface area (TPSA) is 803 Å². The summed E-state index contributed by atoms with van der Waals surface area (Å²) in [6.07, 6.45) is -7.07. The van der Waals surface area contributed by atoms with Crippen LogP contribution in [0.4, 0.5) is 17.6 Å². The number of phosphoric ester groups is 4. The van der Waals surface area contributed by atoms with Crippen molar-refractivity contribution in [2.75, 3.05) is 26.3 Å². The first-order chi connectivity index (χ1) is 53.0. The lowest BCUT2D eigenvalue weighted by atomic mass is 10.1. The zero-order valence-corrected chi connectivity index (χ0v) is 63.5. The average molecular weight is 1860 g/mol. The first-order valence-corrected chi connectivity index (χ1v) is 41.1. The Kier molecular flexibility index (Phi) is 28.5.